The molecule has 2 rings (SSSR count). The Morgan fingerprint density at radius 2 is 1.74 bits per heavy atom. The Labute approximate surface area is 141 Å². The van der Waals surface area contributed by atoms with Crippen molar-refractivity contribution in [3.05, 3.63) is 0 Å². The van der Waals surface area contributed by atoms with E-state index < -0.39 is 6.10 Å². The highest BCUT2D eigenvalue weighted by molar-refractivity contribution is 5.79. The monoisotopic (exact) mass is 326 g/mol. The summed E-state index contributed by atoms with van der Waals surface area (Å²) in [7, 11) is 0. The molecule has 2 aliphatic heterocycles. The van der Waals surface area contributed by atoms with Gasteiger partial charge in [-0.05, 0) is 58.5 Å². The Bertz CT molecular complexity index is 359. The molecule has 1 atom stereocenters. The lowest BCUT2D eigenvalue weighted by Gasteiger charge is -2.37. The number of aliphatic hydroxyl groups is 1. The number of carbonyl (C=O) groups is 1. The average Bonchev–Trinajstić information content (AvgIpc) is 2.54. The van der Waals surface area contributed by atoms with Crippen LogP contribution < -0.4 is 0 Å². The first kappa shape index (κ1) is 18.7. The fraction of sp³-hybridized carbons (Fsp3) is 0.944. The third-order valence-corrected chi connectivity index (χ3v) is 5.12. The Kier molecular flexibility index (Phi) is 7.31. The van der Waals surface area contributed by atoms with E-state index in [-0.39, 0.29) is 12.0 Å². The van der Waals surface area contributed by atoms with Gasteiger partial charge in [0, 0.05) is 25.6 Å². The lowest BCUT2D eigenvalue weighted by molar-refractivity contribution is -0.138. The van der Waals surface area contributed by atoms with E-state index >= 15 is 0 Å². The van der Waals surface area contributed by atoms with Gasteiger partial charge in [-0.2, -0.15) is 0 Å². The van der Waals surface area contributed by atoms with Gasteiger partial charge >= 0.3 is 0 Å². The molecule has 5 heteroatoms. The summed E-state index contributed by atoms with van der Waals surface area (Å²) in [4.78, 5) is 16.9. The van der Waals surface area contributed by atoms with E-state index in [1.165, 1.54) is 0 Å². The number of hydrogen-bond acceptors (Lipinski definition) is 4. The van der Waals surface area contributed by atoms with Gasteiger partial charge in [-0.25, -0.2) is 0 Å². The summed E-state index contributed by atoms with van der Waals surface area (Å²) in [6.07, 6.45) is 3.85. The third kappa shape index (κ3) is 6.05. The summed E-state index contributed by atoms with van der Waals surface area (Å²) in [5.41, 5.74) is 0. The van der Waals surface area contributed by atoms with Gasteiger partial charge in [0.1, 0.15) is 0 Å². The minimum Gasteiger partial charge on any atom is -0.389 e. The number of rotatable bonds is 6. The smallest absolute Gasteiger partial charge is 0.225 e. The second-order valence-electron chi connectivity index (χ2n) is 7.62. The zero-order valence-electron chi connectivity index (χ0n) is 15.0. The van der Waals surface area contributed by atoms with Crippen molar-refractivity contribution in [3.63, 3.8) is 0 Å². The van der Waals surface area contributed by atoms with E-state index in [9.17, 15) is 9.90 Å². The number of β-amino-alcohol motifs (C(OH)–C–C–N with tert-alkyl or cyclic N) is 1. The van der Waals surface area contributed by atoms with Crippen LogP contribution in [0.2, 0.25) is 0 Å². The Hall–Kier alpha value is -0.650. The maximum absolute atomic E-state index is 12.6. The van der Waals surface area contributed by atoms with Gasteiger partial charge in [0.15, 0.2) is 0 Å². The predicted octanol–water partition coefficient (Wildman–Crippen LogP) is 1.74. The van der Waals surface area contributed by atoms with Crippen molar-refractivity contribution in [3.8, 4) is 0 Å². The molecule has 5 nitrogen and oxygen atoms in total. The van der Waals surface area contributed by atoms with Crippen LogP contribution in [0.4, 0.5) is 0 Å². The molecule has 0 aromatic carbocycles. The lowest BCUT2D eigenvalue weighted by Crippen LogP contribution is -2.46. The summed E-state index contributed by atoms with van der Waals surface area (Å²) < 4.78 is 5.46. The molecule has 2 heterocycles. The van der Waals surface area contributed by atoms with E-state index in [2.05, 4.69) is 16.7 Å². The number of piperidine rings is 2. The van der Waals surface area contributed by atoms with Crippen molar-refractivity contribution < 1.29 is 14.6 Å². The van der Waals surface area contributed by atoms with Crippen LogP contribution in [0, 0.1) is 11.8 Å². The zero-order valence-corrected chi connectivity index (χ0v) is 15.0. The van der Waals surface area contributed by atoms with Gasteiger partial charge in [0.05, 0.1) is 18.8 Å². The van der Waals surface area contributed by atoms with Crippen molar-refractivity contribution in [1.82, 2.24) is 9.80 Å². The maximum Gasteiger partial charge on any atom is 0.225 e. The maximum atomic E-state index is 12.6. The minimum atomic E-state index is -0.437. The fourth-order valence-electron chi connectivity index (χ4n) is 3.50. The fourth-order valence-corrected chi connectivity index (χ4v) is 3.50. The first-order chi connectivity index (χ1) is 11.0. The highest BCUT2D eigenvalue weighted by atomic mass is 16.5. The van der Waals surface area contributed by atoms with E-state index in [1.54, 1.807) is 0 Å². The first-order valence-electron chi connectivity index (χ1n) is 9.26. The summed E-state index contributed by atoms with van der Waals surface area (Å²) in [5.74, 6) is 1.30. The number of likely N-dealkylation sites (tertiary alicyclic amines) is 2. The normalized spacial score (nSPS) is 23.4. The molecule has 1 N–H and O–H groups in total. The minimum absolute atomic E-state index is 0.153. The molecule has 134 valence electrons. The lowest BCUT2D eigenvalue weighted by atomic mass is 9.92. The van der Waals surface area contributed by atoms with Gasteiger partial charge in [-0.1, -0.05) is 6.92 Å². The molecule has 2 fully saturated rings. The highest BCUT2D eigenvalue weighted by Gasteiger charge is 2.30. The van der Waals surface area contributed by atoms with Crippen LogP contribution in [0.5, 0.6) is 0 Å². The molecule has 0 aromatic heterocycles. The number of carbonyl (C=O) groups excluding carboxylic acids is 1. The average molecular weight is 326 g/mol. The summed E-state index contributed by atoms with van der Waals surface area (Å²) in [6, 6.07) is 0. The molecular weight excluding hydrogens is 292 g/mol. The summed E-state index contributed by atoms with van der Waals surface area (Å²) in [5, 5.41) is 10.0. The van der Waals surface area contributed by atoms with Gasteiger partial charge < -0.3 is 19.6 Å². The molecule has 23 heavy (non-hydrogen) atoms. The summed E-state index contributed by atoms with van der Waals surface area (Å²) >= 11 is 0. The molecule has 0 radical (unpaired) electrons. The molecule has 0 bridgehead atoms. The number of nitrogens with zero attached hydrogens (tertiary/aromatic N) is 2. The van der Waals surface area contributed by atoms with Crippen molar-refractivity contribution in [2.45, 2.75) is 58.7 Å². The second kappa shape index (κ2) is 9.00. The summed E-state index contributed by atoms with van der Waals surface area (Å²) in [6.45, 7) is 10.9. The van der Waals surface area contributed by atoms with Gasteiger partial charge in [-0.15, -0.1) is 0 Å². The number of ether oxygens (including phenoxy) is 1. The van der Waals surface area contributed by atoms with E-state index in [0.717, 1.165) is 57.8 Å². The molecule has 0 saturated carbocycles. The van der Waals surface area contributed by atoms with E-state index in [1.807, 2.05) is 13.8 Å². The first-order valence-corrected chi connectivity index (χ1v) is 9.26. The van der Waals surface area contributed by atoms with Crippen LogP contribution in [0.1, 0.15) is 46.5 Å². The van der Waals surface area contributed by atoms with Crippen LogP contribution >= 0.6 is 0 Å². The van der Waals surface area contributed by atoms with Crippen molar-refractivity contribution in [1.29, 1.82) is 0 Å². The molecule has 0 spiro atoms. The van der Waals surface area contributed by atoms with Crippen LogP contribution in [0.25, 0.3) is 0 Å². The molecule has 2 aliphatic rings. The quantitative estimate of drug-likeness (QED) is 0.808. The van der Waals surface area contributed by atoms with Crippen molar-refractivity contribution in [2.24, 2.45) is 11.8 Å². The van der Waals surface area contributed by atoms with Crippen molar-refractivity contribution in [2.75, 3.05) is 39.3 Å². The van der Waals surface area contributed by atoms with Crippen molar-refractivity contribution >= 4 is 5.91 Å². The molecule has 1 amide bonds. The van der Waals surface area contributed by atoms with E-state index in [4.69, 9.17) is 4.74 Å². The second-order valence-corrected chi connectivity index (χ2v) is 7.62. The molecule has 1 unspecified atom stereocenters. The molecule has 2 saturated heterocycles. The molecule has 0 aromatic rings. The number of hydrogen-bond donors (Lipinski definition) is 1. The van der Waals surface area contributed by atoms with Crippen LogP contribution in [-0.2, 0) is 9.53 Å². The zero-order chi connectivity index (χ0) is 16.8. The van der Waals surface area contributed by atoms with Gasteiger partial charge in [0.2, 0.25) is 5.91 Å². The predicted molar refractivity (Wildman–Crippen MR) is 91.2 cm³/mol. The van der Waals surface area contributed by atoms with Crippen LogP contribution in [-0.4, -0.2) is 72.4 Å². The highest BCUT2D eigenvalue weighted by Crippen LogP contribution is 2.23. The SMILES string of the molecule is CC1CCN(C(=O)C2CCN(CC(O)COC(C)C)CC2)CC1. The Balaban J connectivity index is 1.68. The standard InChI is InChI=1S/C18H34N2O3/c1-14(2)23-13-17(21)12-19-8-6-16(7-9-19)18(22)20-10-4-15(3)5-11-20/h14-17,21H,4-13H2,1-3H3. The van der Waals surface area contributed by atoms with Crippen LogP contribution in [0.15, 0.2) is 0 Å². The van der Waals surface area contributed by atoms with Gasteiger partial charge in [0.25, 0.3) is 0 Å². The third-order valence-electron chi connectivity index (χ3n) is 5.12. The number of amides is 1. The van der Waals surface area contributed by atoms with Gasteiger partial charge in [-0.3, -0.25) is 4.79 Å². The largest absolute Gasteiger partial charge is 0.389 e. The Morgan fingerprint density at radius 3 is 2.30 bits per heavy atom. The topological polar surface area (TPSA) is 53.0 Å². The molecule has 0 aliphatic carbocycles. The van der Waals surface area contributed by atoms with E-state index in [0.29, 0.717) is 19.1 Å². The Morgan fingerprint density at radius 1 is 1.13 bits per heavy atom. The van der Waals surface area contributed by atoms with Crippen LogP contribution in [0.3, 0.4) is 0 Å². The number of aliphatic hydroxyl groups excluding tert-OH is 1. The molecular formula is C18H34N2O3.